The predicted octanol–water partition coefficient (Wildman–Crippen LogP) is 6.05. The first-order valence-corrected chi connectivity index (χ1v) is 12.9. The molecule has 2 aromatic carbocycles. The van der Waals surface area contributed by atoms with Gasteiger partial charge in [-0.2, -0.15) is 0 Å². The summed E-state index contributed by atoms with van der Waals surface area (Å²) in [5.41, 5.74) is 2.13. The van der Waals surface area contributed by atoms with Crippen molar-refractivity contribution < 1.29 is 9.59 Å². The smallest absolute Gasteiger partial charge is 0.251 e. The third-order valence-electron chi connectivity index (χ3n) is 5.08. The Hall–Kier alpha value is -2.07. The van der Waals surface area contributed by atoms with Crippen LogP contribution in [0.2, 0.25) is 10.0 Å². The molecule has 0 unspecified atom stereocenters. The van der Waals surface area contributed by atoms with Crippen LogP contribution in [0.4, 0.5) is 5.69 Å². The Morgan fingerprint density at radius 2 is 1.85 bits per heavy atom. The molecule has 0 aliphatic carbocycles. The van der Waals surface area contributed by atoms with E-state index in [1.54, 1.807) is 16.7 Å². The van der Waals surface area contributed by atoms with Gasteiger partial charge < -0.3 is 15.2 Å². The lowest BCUT2D eigenvalue weighted by Crippen LogP contribution is -2.33. The Morgan fingerprint density at radius 1 is 1.12 bits per heavy atom. The van der Waals surface area contributed by atoms with Gasteiger partial charge in [-0.05, 0) is 54.8 Å². The first kappa shape index (κ1) is 26.5. The Morgan fingerprint density at radius 3 is 2.50 bits per heavy atom. The zero-order valence-corrected chi connectivity index (χ0v) is 22.9. The van der Waals surface area contributed by atoms with Crippen LogP contribution >= 0.6 is 50.9 Å². The highest BCUT2D eigenvalue weighted by Crippen LogP contribution is 2.27. The summed E-state index contributed by atoms with van der Waals surface area (Å²) in [5.74, 6) is 0.363. The van der Waals surface area contributed by atoms with E-state index in [9.17, 15) is 9.59 Å². The maximum atomic E-state index is 12.8. The van der Waals surface area contributed by atoms with Crippen LogP contribution in [0, 0.1) is 12.8 Å². The molecule has 0 saturated carbocycles. The Bertz CT molecular complexity index is 1220. The zero-order valence-electron chi connectivity index (χ0n) is 19.0. The van der Waals surface area contributed by atoms with E-state index in [0.29, 0.717) is 26.6 Å². The fraction of sp³-hybridized carbons (Fsp3) is 0.304. The average molecular weight is 585 g/mol. The minimum absolute atomic E-state index is 0.0381. The van der Waals surface area contributed by atoms with E-state index in [-0.39, 0.29) is 23.5 Å². The van der Waals surface area contributed by atoms with E-state index in [2.05, 4.69) is 36.8 Å². The third kappa shape index (κ3) is 6.53. The number of nitrogens with zero attached hydrogens (tertiary/aromatic N) is 3. The van der Waals surface area contributed by atoms with Gasteiger partial charge in [0.2, 0.25) is 5.91 Å². The van der Waals surface area contributed by atoms with Crippen molar-refractivity contribution in [3.63, 3.8) is 0 Å². The third-order valence-corrected chi connectivity index (χ3v) is 7.33. The highest BCUT2D eigenvalue weighted by atomic mass is 79.9. The number of hydrogen-bond donors (Lipinski definition) is 2. The second-order valence-electron chi connectivity index (χ2n) is 8.02. The normalized spacial score (nSPS) is 12.0. The Kier molecular flexibility index (Phi) is 9.03. The predicted molar refractivity (Wildman–Crippen MR) is 141 cm³/mol. The number of hydrogen-bond acceptors (Lipinski definition) is 5. The lowest BCUT2D eigenvalue weighted by atomic mass is 10.0. The van der Waals surface area contributed by atoms with E-state index in [4.69, 9.17) is 23.2 Å². The number of anilines is 1. The second kappa shape index (κ2) is 11.6. The van der Waals surface area contributed by atoms with E-state index in [1.807, 2.05) is 46.0 Å². The number of halogens is 3. The summed E-state index contributed by atoms with van der Waals surface area (Å²) in [5, 5.41) is 15.7. The SMILES string of the molecule is Cc1cc(Br)ccc1NC(=O)CSc1nnc([C@H](NC(=O)c2ccc(Cl)c(Cl)c2)C(C)C)n1C. The van der Waals surface area contributed by atoms with Crippen molar-refractivity contribution in [3.05, 3.63) is 67.9 Å². The van der Waals surface area contributed by atoms with Gasteiger partial charge in [0.25, 0.3) is 5.91 Å². The van der Waals surface area contributed by atoms with Crippen molar-refractivity contribution in [3.8, 4) is 0 Å². The van der Waals surface area contributed by atoms with Gasteiger partial charge in [-0.25, -0.2) is 0 Å². The number of aromatic nitrogens is 3. The molecule has 0 radical (unpaired) electrons. The number of benzene rings is 2. The molecule has 1 aromatic heterocycles. The summed E-state index contributed by atoms with van der Waals surface area (Å²) in [6, 6.07) is 10.0. The summed E-state index contributed by atoms with van der Waals surface area (Å²) in [6.45, 7) is 5.89. The zero-order chi connectivity index (χ0) is 25.0. The minimum atomic E-state index is -0.395. The summed E-state index contributed by atoms with van der Waals surface area (Å²) in [4.78, 5) is 25.3. The standard InChI is InChI=1S/C23H24BrCl2N5O2S/c1-12(2)20(28-22(33)14-5-7-16(25)17(26)10-14)21-29-30-23(31(21)4)34-11-19(32)27-18-8-6-15(24)9-13(18)3/h5-10,12,20H,11H2,1-4H3,(H,27,32)(H,28,33)/t20-/m1/s1. The molecule has 1 atom stereocenters. The number of carbonyl (C=O) groups excluding carboxylic acids is 2. The highest BCUT2D eigenvalue weighted by molar-refractivity contribution is 9.10. The largest absolute Gasteiger partial charge is 0.342 e. The molecule has 0 fully saturated rings. The van der Waals surface area contributed by atoms with Crippen molar-refractivity contribution in [2.45, 2.75) is 32.0 Å². The van der Waals surface area contributed by atoms with Crippen LogP contribution in [0.15, 0.2) is 46.0 Å². The summed E-state index contributed by atoms with van der Waals surface area (Å²) in [6.07, 6.45) is 0. The molecule has 180 valence electrons. The summed E-state index contributed by atoms with van der Waals surface area (Å²) in [7, 11) is 1.81. The molecule has 2 amide bonds. The fourth-order valence-corrected chi connectivity index (χ4v) is 4.69. The Balaban J connectivity index is 1.68. The van der Waals surface area contributed by atoms with Crippen molar-refractivity contribution in [2.24, 2.45) is 13.0 Å². The minimum Gasteiger partial charge on any atom is -0.342 e. The molecule has 11 heteroatoms. The fourth-order valence-electron chi connectivity index (χ4n) is 3.20. The molecule has 0 aliphatic rings. The quantitative estimate of drug-likeness (QED) is 0.315. The summed E-state index contributed by atoms with van der Waals surface area (Å²) < 4.78 is 2.75. The van der Waals surface area contributed by atoms with Crippen molar-refractivity contribution in [1.29, 1.82) is 0 Å². The van der Waals surface area contributed by atoms with Crippen LogP contribution in [0.3, 0.4) is 0 Å². The van der Waals surface area contributed by atoms with Gasteiger partial charge in [0.1, 0.15) is 0 Å². The van der Waals surface area contributed by atoms with Crippen LogP contribution in [0.5, 0.6) is 0 Å². The molecule has 0 bridgehead atoms. The average Bonchev–Trinajstić information content (AvgIpc) is 3.14. The van der Waals surface area contributed by atoms with Gasteiger partial charge in [-0.1, -0.05) is 64.7 Å². The van der Waals surface area contributed by atoms with Gasteiger partial charge in [0, 0.05) is 22.8 Å². The molecule has 0 spiro atoms. The molecule has 1 heterocycles. The van der Waals surface area contributed by atoms with Gasteiger partial charge in [0.05, 0.1) is 21.8 Å². The van der Waals surface area contributed by atoms with Crippen molar-refractivity contribution in [2.75, 3.05) is 11.1 Å². The van der Waals surface area contributed by atoms with E-state index in [0.717, 1.165) is 15.7 Å². The van der Waals surface area contributed by atoms with Gasteiger partial charge in [-0.3, -0.25) is 9.59 Å². The van der Waals surface area contributed by atoms with Gasteiger partial charge in [-0.15, -0.1) is 10.2 Å². The van der Waals surface area contributed by atoms with Gasteiger partial charge in [0.15, 0.2) is 11.0 Å². The van der Waals surface area contributed by atoms with Crippen molar-refractivity contribution in [1.82, 2.24) is 20.1 Å². The van der Waals surface area contributed by atoms with Crippen molar-refractivity contribution >= 4 is 68.4 Å². The maximum Gasteiger partial charge on any atom is 0.251 e. The molecule has 3 aromatic rings. The first-order chi connectivity index (χ1) is 16.1. The molecule has 34 heavy (non-hydrogen) atoms. The molecule has 3 rings (SSSR count). The van der Waals surface area contributed by atoms with E-state index < -0.39 is 6.04 Å². The number of aryl methyl sites for hydroxylation is 1. The topological polar surface area (TPSA) is 88.9 Å². The van der Waals surface area contributed by atoms with Gasteiger partial charge >= 0.3 is 0 Å². The molecule has 0 saturated heterocycles. The van der Waals surface area contributed by atoms with Crippen LogP contribution in [-0.4, -0.2) is 32.3 Å². The molecule has 0 aliphatic heterocycles. The van der Waals surface area contributed by atoms with Crippen LogP contribution in [0.25, 0.3) is 0 Å². The summed E-state index contributed by atoms with van der Waals surface area (Å²) >= 11 is 16.7. The lowest BCUT2D eigenvalue weighted by Gasteiger charge is -2.22. The highest BCUT2D eigenvalue weighted by Gasteiger charge is 2.25. The van der Waals surface area contributed by atoms with E-state index in [1.165, 1.54) is 17.8 Å². The number of thioether (sulfide) groups is 1. The lowest BCUT2D eigenvalue weighted by molar-refractivity contribution is -0.113. The van der Waals surface area contributed by atoms with Crippen LogP contribution in [0.1, 0.15) is 41.6 Å². The number of amides is 2. The monoisotopic (exact) mass is 583 g/mol. The van der Waals surface area contributed by atoms with E-state index >= 15 is 0 Å². The molecular weight excluding hydrogens is 561 g/mol. The Labute approximate surface area is 221 Å². The number of rotatable bonds is 8. The van der Waals surface area contributed by atoms with Crippen LogP contribution < -0.4 is 10.6 Å². The molecule has 2 N–H and O–H groups in total. The molecule has 7 nitrogen and oxygen atoms in total. The number of carbonyl (C=O) groups is 2. The first-order valence-electron chi connectivity index (χ1n) is 10.4. The second-order valence-corrected chi connectivity index (χ2v) is 10.7. The molecular formula is C23H24BrCl2N5O2S. The van der Waals surface area contributed by atoms with Crippen LogP contribution in [-0.2, 0) is 11.8 Å². The number of nitrogens with one attached hydrogen (secondary N) is 2. The maximum absolute atomic E-state index is 12.8.